The summed E-state index contributed by atoms with van der Waals surface area (Å²) in [7, 11) is 3.12. The number of carboxylic acid groups (broad SMARTS) is 1. The largest absolute Gasteiger partial charge is 0.493 e. The lowest BCUT2D eigenvalue weighted by Crippen LogP contribution is -2.35. The Labute approximate surface area is 259 Å². The zero-order valence-electron chi connectivity index (χ0n) is 25.0. The lowest BCUT2D eigenvalue weighted by atomic mass is 10.0. The van der Waals surface area contributed by atoms with Crippen LogP contribution in [0.1, 0.15) is 32.6 Å². The van der Waals surface area contributed by atoms with Gasteiger partial charge in [-0.05, 0) is 86.8 Å². The van der Waals surface area contributed by atoms with E-state index in [1.165, 1.54) is 24.3 Å². The van der Waals surface area contributed by atoms with E-state index in [9.17, 15) is 18.8 Å². The third-order valence-corrected chi connectivity index (χ3v) is 7.04. The topological polar surface area (TPSA) is 156 Å². The number of methoxy groups -OCH3 is 2. The van der Waals surface area contributed by atoms with Gasteiger partial charge in [-0.25, -0.2) is 4.39 Å². The molecule has 1 atom stereocenters. The van der Waals surface area contributed by atoms with E-state index in [1.807, 2.05) is 0 Å². The van der Waals surface area contributed by atoms with Gasteiger partial charge in [0.2, 0.25) is 11.8 Å². The van der Waals surface area contributed by atoms with Gasteiger partial charge in [-0.15, -0.1) is 0 Å². The van der Waals surface area contributed by atoms with Crippen LogP contribution >= 0.6 is 0 Å². The Kier molecular flexibility index (Phi) is 10.5. The number of aliphatic carboxylic acids is 1. The minimum atomic E-state index is -1.14. The fourth-order valence-corrected chi connectivity index (χ4v) is 4.32. The number of rotatable bonds is 11. The smallest absolute Gasteiger partial charge is 0.303 e. The van der Waals surface area contributed by atoms with E-state index >= 15 is 0 Å². The normalized spacial score (nSPS) is 13.4. The molecule has 4 aromatic rings. The maximum atomic E-state index is 13.1. The highest BCUT2D eigenvalue weighted by atomic mass is 19.1. The first-order chi connectivity index (χ1) is 21.5. The molecule has 1 heterocycles. The Balaban J connectivity index is 0.000000510. The van der Waals surface area contributed by atoms with Crippen LogP contribution in [-0.4, -0.2) is 53.3 Å². The standard InChI is InChI=1S/C28H24FN3O5.C5H10O3/c1-35-24-15-21-22(16-25(24)36-2)30-14-11-23(21)37-20-9-7-19(8-10-20)32-27(34)28(12-13-28)26(33)31-18-5-3-17(29)4-6-18;1-4(6)2-3-5(7)8/h3-11,14-16H,12-13H2,1-2H3,(H,31,33)(H,32,34);4,6H,2-3H2,1H3,(H,7,8). The second-order valence-corrected chi connectivity index (χ2v) is 10.4. The van der Waals surface area contributed by atoms with E-state index in [1.54, 1.807) is 69.8 Å². The van der Waals surface area contributed by atoms with Crippen molar-refractivity contribution in [2.75, 3.05) is 24.9 Å². The SMILES string of the molecule is CC(O)CCC(=O)O.COc1cc2nccc(Oc3ccc(NC(=O)C4(C(=O)Nc5ccc(F)cc5)CC4)cc3)c2cc1OC. The van der Waals surface area contributed by atoms with Crippen LogP contribution in [-0.2, 0) is 14.4 Å². The summed E-state index contributed by atoms with van der Waals surface area (Å²) in [5, 5.41) is 22.8. The fourth-order valence-electron chi connectivity index (χ4n) is 4.32. The van der Waals surface area contributed by atoms with Gasteiger partial charge in [0.1, 0.15) is 22.7 Å². The van der Waals surface area contributed by atoms with Crippen molar-refractivity contribution in [2.45, 2.75) is 38.7 Å². The highest BCUT2D eigenvalue weighted by Gasteiger charge is 2.56. The van der Waals surface area contributed by atoms with Gasteiger partial charge in [-0.3, -0.25) is 19.4 Å². The van der Waals surface area contributed by atoms with E-state index in [-0.39, 0.29) is 12.3 Å². The number of carboxylic acids is 1. The lowest BCUT2D eigenvalue weighted by Gasteiger charge is -2.16. The number of halogens is 1. The number of pyridine rings is 1. The van der Waals surface area contributed by atoms with Gasteiger partial charge >= 0.3 is 5.97 Å². The maximum Gasteiger partial charge on any atom is 0.303 e. The molecular formula is C33H34FN3O8. The molecule has 0 radical (unpaired) electrons. The Hall–Kier alpha value is -5.23. The number of anilines is 2. The number of aliphatic hydroxyl groups excluding tert-OH is 1. The molecule has 0 spiro atoms. The van der Waals surface area contributed by atoms with Gasteiger partial charge in [0.15, 0.2) is 11.5 Å². The zero-order valence-corrected chi connectivity index (χ0v) is 25.0. The highest BCUT2D eigenvalue weighted by molar-refractivity contribution is 6.16. The fraction of sp³-hybridized carbons (Fsp3) is 0.273. The van der Waals surface area contributed by atoms with Gasteiger partial charge in [-0.2, -0.15) is 0 Å². The Morgan fingerprint density at radius 1 is 0.889 bits per heavy atom. The third-order valence-electron chi connectivity index (χ3n) is 7.04. The van der Waals surface area contributed by atoms with Gasteiger partial charge in [0.25, 0.3) is 0 Å². The van der Waals surface area contributed by atoms with Crippen molar-refractivity contribution in [3.05, 3.63) is 78.7 Å². The van der Waals surface area contributed by atoms with Gasteiger partial charge in [0.05, 0.1) is 25.8 Å². The van der Waals surface area contributed by atoms with Gasteiger partial charge < -0.3 is 35.1 Å². The number of nitrogens with one attached hydrogen (secondary N) is 2. The summed E-state index contributed by atoms with van der Waals surface area (Å²) >= 11 is 0. The molecule has 0 bridgehead atoms. The summed E-state index contributed by atoms with van der Waals surface area (Å²) in [5.41, 5.74) is 0.517. The predicted molar refractivity (Wildman–Crippen MR) is 165 cm³/mol. The Bertz CT molecular complexity index is 1660. The number of carbonyl (C=O) groups excluding carboxylic acids is 2. The van der Waals surface area contributed by atoms with Crippen LogP contribution in [0.2, 0.25) is 0 Å². The molecule has 1 aliphatic rings. The van der Waals surface area contributed by atoms with Crippen molar-refractivity contribution >= 4 is 40.1 Å². The van der Waals surface area contributed by atoms with Crippen LogP contribution in [0, 0.1) is 11.2 Å². The number of fused-ring (bicyclic) bond motifs is 1. The zero-order chi connectivity index (χ0) is 32.6. The minimum absolute atomic E-state index is 0.0532. The molecule has 3 aromatic carbocycles. The van der Waals surface area contributed by atoms with E-state index in [0.717, 1.165) is 5.39 Å². The van der Waals surface area contributed by atoms with Crippen LogP contribution in [0.15, 0.2) is 72.9 Å². The molecule has 45 heavy (non-hydrogen) atoms. The molecule has 12 heteroatoms. The molecule has 1 unspecified atom stereocenters. The maximum absolute atomic E-state index is 13.1. The predicted octanol–water partition coefficient (Wildman–Crippen LogP) is 5.77. The number of ether oxygens (including phenoxy) is 3. The van der Waals surface area contributed by atoms with Crippen molar-refractivity contribution in [2.24, 2.45) is 5.41 Å². The molecule has 1 aromatic heterocycles. The molecule has 1 fully saturated rings. The number of hydrogen-bond donors (Lipinski definition) is 4. The monoisotopic (exact) mass is 619 g/mol. The van der Waals surface area contributed by atoms with Crippen molar-refractivity contribution in [3.8, 4) is 23.0 Å². The number of aromatic nitrogens is 1. The highest BCUT2D eigenvalue weighted by Crippen LogP contribution is 2.47. The second kappa shape index (κ2) is 14.5. The van der Waals surface area contributed by atoms with Crippen molar-refractivity contribution < 1.29 is 43.2 Å². The summed E-state index contributed by atoms with van der Waals surface area (Å²) in [6, 6.07) is 17.6. The molecule has 0 aliphatic heterocycles. The second-order valence-electron chi connectivity index (χ2n) is 10.4. The molecule has 11 nitrogen and oxygen atoms in total. The first kappa shape index (κ1) is 32.7. The van der Waals surface area contributed by atoms with Crippen LogP contribution in [0.4, 0.5) is 15.8 Å². The van der Waals surface area contributed by atoms with Crippen molar-refractivity contribution in [1.29, 1.82) is 0 Å². The minimum Gasteiger partial charge on any atom is -0.493 e. The number of hydrogen-bond acceptors (Lipinski definition) is 8. The number of amides is 2. The number of benzene rings is 3. The quantitative estimate of drug-likeness (QED) is 0.153. The van der Waals surface area contributed by atoms with E-state index in [4.69, 9.17) is 24.4 Å². The summed E-state index contributed by atoms with van der Waals surface area (Å²) in [6.45, 7) is 1.57. The molecule has 1 aliphatic carbocycles. The molecule has 4 N–H and O–H groups in total. The molecule has 236 valence electrons. The van der Waals surface area contributed by atoms with Gasteiger partial charge in [-0.1, -0.05) is 0 Å². The Morgan fingerprint density at radius 2 is 1.44 bits per heavy atom. The van der Waals surface area contributed by atoms with E-state index in [2.05, 4.69) is 15.6 Å². The van der Waals surface area contributed by atoms with Gasteiger partial charge in [0, 0.05) is 35.4 Å². The third kappa shape index (κ3) is 8.45. The van der Waals surface area contributed by atoms with Crippen LogP contribution in [0.3, 0.4) is 0 Å². The first-order valence-electron chi connectivity index (χ1n) is 14.1. The van der Waals surface area contributed by atoms with E-state index < -0.39 is 29.2 Å². The summed E-state index contributed by atoms with van der Waals surface area (Å²) in [6.07, 6.45) is 2.43. The van der Waals surface area contributed by atoms with Crippen LogP contribution in [0.25, 0.3) is 10.9 Å². The number of carbonyl (C=O) groups is 3. The molecule has 5 rings (SSSR count). The first-order valence-corrected chi connectivity index (χ1v) is 14.1. The van der Waals surface area contributed by atoms with Crippen LogP contribution < -0.4 is 24.8 Å². The Morgan fingerprint density at radius 3 is 1.93 bits per heavy atom. The summed E-state index contributed by atoms with van der Waals surface area (Å²) < 4.78 is 29.9. The average molecular weight is 620 g/mol. The summed E-state index contributed by atoms with van der Waals surface area (Å²) in [5.74, 6) is 0.206. The van der Waals surface area contributed by atoms with Crippen LogP contribution in [0.5, 0.6) is 23.0 Å². The average Bonchev–Trinajstić information content (AvgIpc) is 3.84. The number of nitrogens with zero attached hydrogens (tertiary/aromatic N) is 1. The summed E-state index contributed by atoms with van der Waals surface area (Å²) in [4.78, 5) is 39.8. The molecule has 2 amide bonds. The molecule has 1 saturated carbocycles. The van der Waals surface area contributed by atoms with E-state index in [0.29, 0.717) is 59.2 Å². The molecular weight excluding hydrogens is 585 g/mol. The number of aliphatic hydroxyl groups is 1. The molecule has 0 saturated heterocycles. The van der Waals surface area contributed by atoms with Crippen molar-refractivity contribution in [1.82, 2.24) is 4.98 Å². The lowest BCUT2D eigenvalue weighted by molar-refractivity contribution is -0.137. The van der Waals surface area contributed by atoms with Crippen molar-refractivity contribution in [3.63, 3.8) is 0 Å².